The summed E-state index contributed by atoms with van der Waals surface area (Å²) in [7, 11) is 1.57. The summed E-state index contributed by atoms with van der Waals surface area (Å²) in [5, 5.41) is 17.6. The van der Waals surface area contributed by atoms with Gasteiger partial charge in [0.2, 0.25) is 5.17 Å². The zero-order valence-electron chi connectivity index (χ0n) is 22.5. The molecule has 2 aliphatic heterocycles. The fraction of sp³-hybridized carbons (Fsp3) is 0.267. The van der Waals surface area contributed by atoms with Crippen LogP contribution >= 0.6 is 23.1 Å². The molecule has 3 heterocycles. The lowest BCUT2D eigenvalue weighted by Gasteiger charge is -2.20. The predicted molar refractivity (Wildman–Crippen MR) is 162 cm³/mol. The quantitative estimate of drug-likeness (QED) is 0.200. The van der Waals surface area contributed by atoms with Crippen LogP contribution in [0.15, 0.2) is 75.6 Å². The van der Waals surface area contributed by atoms with Crippen molar-refractivity contribution in [2.45, 2.75) is 32.6 Å². The maximum absolute atomic E-state index is 12.8. The van der Waals surface area contributed by atoms with Crippen molar-refractivity contribution in [1.29, 1.82) is 5.41 Å². The second-order valence-corrected chi connectivity index (χ2v) is 11.1. The van der Waals surface area contributed by atoms with Crippen molar-refractivity contribution < 1.29 is 19.0 Å². The Bertz CT molecular complexity index is 1480. The average Bonchev–Trinajstić information content (AvgIpc) is 3.66. The monoisotopic (exact) mass is 574 g/mol. The minimum Gasteiger partial charge on any atom is -0.493 e. The summed E-state index contributed by atoms with van der Waals surface area (Å²) in [4.78, 5) is 17.9. The van der Waals surface area contributed by atoms with Crippen molar-refractivity contribution >= 4 is 51.1 Å². The first kappa shape index (κ1) is 27.7. The SMILES string of the molecule is CCC(C)c1ccc(OCCCOc2ccc(/C=C3/C(=N)N4N=C(c5cccs5)SC4=NC3=O)cc2OC)cc1. The van der Waals surface area contributed by atoms with E-state index in [4.69, 9.17) is 19.6 Å². The number of fused-ring (bicyclic) bond motifs is 1. The van der Waals surface area contributed by atoms with Crippen LogP contribution in [-0.4, -0.2) is 47.3 Å². The van der Waals surface area contributed by atoms with Gasteiger partial charge < -0.3 is 14.2 Å². The van der Waals surface area contributed by atoms with Crippen LogP contribution in [0.5, 0.6) is 17.2 Å². The van der Waals surface area contributed by atoms with E-state index in [9.17, 15) is 4.79 Å². The van der Waals surface area contributed by atoms with Gasteiger partial charge >= 0.3 is 0 Å². The third-order valence-electron chi connectivity index (χ3n) is 6.56. The summed E-state index contributed by atoms with van der Waals surface area (Å²) in [5.74, 6) is 2.03. The van der Waals surface area contributed by atoms with E-state index in [1.54, 1.807) is 36.7 Å². The fourth-order valence-electron chi connectivity index (χ4n) is 4.11. The summed E-state index contributed by atoms with van der Waals surface area (Å²) < 4.78 is 17.3. The molecule has 1 amide bonds. The summed E-state index contributed by atoms with van der Waals surface area (Å²) in [6, 6.07) is 17.5. The number of carbonyl (C=O) groups excluding carboxylic acids is 1. The number of nitrogens with zero attached hydrogens (tertiary/aromatic N) is 3. The molecule has 0 saturated heterocycles. The number of thiophene rings is 1. The molecule has 1 atom stereocenters. The van der Waals surface area contributed by atoms with E-state index in [1.165, 1.54) is 22.3 Å². The van der Waals surface area contributed by atoms with Gasteiger partial charge in [-0.2, -0.15) is 15.1 Å². The van der Waals surface area contributed by atoms with Crippen LogP contribution in [0.2, 0.25) is 0 Å². The Hall–Kier alpha value is -3.89. The summed E-state index contributed by atoms with van der Waals surface area (Å²) in [6.07, 6.45) is 3.44. The van der Waals surface area contributed by atoms with Crippen molar-refractivity contribution in [2.24, 2.45) is 10.1 Å². The van der Waals surface area contributed by atoms with E-state index in [0.29, 0.717) is 47.8 Å². The van der Waals surface area contributed by atoms with E-state index >= 15 is 0 Å². The third kappa shape index (κ3) is 6.13. The molecule has 2 aromatic carbocycles. The van der Waals surface area contributed by atoms with Crippen LogP contribution in [0.3, 0.4) is 0 Å². The standard InChI is InChI=1S/C30H30N4O4S2/c1-4-19(2)21-9-11-22(12-10-21)37-14-6-15-38-24-13-8-20(18-25(24)36-3)17-23-27(31)34-30(32-28(23)35)40-29(33-34)26-7-5-16-39-26/h5,7-13,16-19,31H,4,6,14-15H2,1-3H3/b23-17-,31-27?. The molecular formula is C30H30N4O4S2. The number of methoxy groups -OCH3 is 1. The van der Waals surface area contributed by atoms with Crippen molar-refractivity contribution in [2.75, 3.05) is 20.3 Å². The van der Waals surface area contributed by atoms with Gasteiger partial charge in [0, 0.05) is 6.42 Å². The minimum absolute atomic E-state index is 0.0112. The number of aliphatic imine (C=N–C) groups is 1. The number of benzene rings is 2. The zero-order valence-corrected chi connectivity index (χ0v) is 24.2. The van der Waals surface area contributed by atoms with Crippen LogP contribution < -0.4 is 14.2 Å². The van der Waals surface area contributed by atoms with Crippen LogP contribution in [0.1, 0.15) is 48.6 Å². The fourth-order valence-corrected chi connectivity index (χ4v) is 5.79. The molecule has 1 unspecified atom stereocenters. The Morgan fingerprint density at radius 3 is 2.60 bits per heavy atom. The molecule has 206 valence electrons. The molecule has 8 nitrogen and oxygen atoms in total. The highest BCUT2D eigenvalue weighted by molar-refractivity contribution is 8.27. The van der Waals surface area contributed by atoms with Crippen LogP contribution in [0.4, 0.5) is 0 Å². The molecule has 5 rings (SSSR count). The summed E-state index contributed by atoms with van der Waals surface area (Å²) >= 11 is 2.84. The van der Waals surface area contributed by atoms with Gasteiger partial charge in [0.15, 0.2) is 17.3 Å². The van der Waals surface area contributed by atoms with E-state index in [0.717, 1.165) is 22.1 Å². The highest BCUT2D eigenvalue weighted by atomic mass is 32.2. The molecule has 2 aliphatic rings. The molecule has 1 N–H and O–H groups in total. The smallest absolute Gasteiger partial charge is 0.283 e. The van der Waals surface area contributed by atoms with Gasteiger partial charge in [-0.25, -0.2) is 0 Å². The number of amides is 1. The number of hydrazone groups is 1. The highest BCUT2D eigenvalue weighted by Gasteiger charge is 2.36. The topological polar surface area (TPSA) is 96.6 Å². The van der Waals surface area contributed by atoms with Crippen LogP contribution in [0.25, 0.3) is 6.08 Å². The van der Waals surface area contributed by atoms with Crippen molar-refractivity contribution in [1.82, 2.24) is 5.01 Å². The number of nitrogens with one attached hydrogen (secondary N) is 1. The Labute approximate surface area is 241 Å². The molecule has 0 saturated carbocycles. The van der Waals surface area contributed by atoms with Crippen LogP contribution in [-0.2, 0) is 4.79 Å². The summed E-state index contributed by atoms with van der Waals surface area (Å²) in [6.45, 7) is 5.40. The minimum atomic E-state index is -0.472. The second kappa shape index (κ2) is 12.5. The van der Waals surface area contributed by atoms with E-state index < -0.39 is 5.91 Å². The van der Waals surface area contributed by atoms with Crippen molar-refractivity contribution in [3.8, 4) is 17.2 Å². The largest absolute Gasteiger partial charge is 0.493 e. The van der Waals surface area contributed by atoms with Gasteiger partial charge in [-0.3, -0.25) is 10.2 Å². The van der Waals surface area contributed by atoms with Crippen molar-refractivity contribution in [3.63, 3.8) is 0 Å². The van der Waals surface area contributed by atoms with Gasteiger partial charge in [0.05, 0.1) is 30.8 Å². The maximum atomic E-state index is 12.8. The van der Waals surface area contributed by atoms with E-state index in [1.807, 2.05) is 35.7 Å². The molecule has 0 bridgehead atoms. The number of hydrogen-bond donors (Lipinski definition) is 1. The van der Waals surface area contributed by atoms with Crippen molar-refractivity contribution in [3.05, 3.63) is 81.6 Å². The molecular weight excluding hydrogens is 544 g/mol. The Kier molecular flexibility index (Phi) is 8.66. The normalized spacial score (nSPS) is 16.5. The molecule has 10 heteroatoms. The van der Waals surface area contributed by atoms with E-state index in [-0.39, 0.29) is 11.4 Å². The number of thioether (sulfide) groups is 1. The molecule has 40 heavy (non-hydrogen) atoms. The lowest BCUT2D eigenvalue weighted by molar-refractivity contribution is -0.114. The Balaban J connectivity index is 1.18. The number of hydrogen-bond acceptors (Lipinski definition) is 8. The number of amidine groups is 2. The van der Waals surface area contributed by atoms with E-state index in [2.05, 4.69) is 36.1 Å². The first-order valence-electron chi connectivity index (χ1n) is 13.0. The Morgan fingerprint density at radius 2 is 1.88 bits per heavy atom. The van der Waals surface area contributed by atoms with Gasteiger partial charge in [-0.15, -0.1) is 11.3 Å². The molecule has 1 aromatic heterocycles. The molecule has 0 aliphatic carbocycles. The predicted octanol–water partition coefficient (Wildman–Crippen LogP) is 6.79. The first-order valence-corrected chi connectivity index (χ1v) is 14.7. The van der Waals surface area contributed by atoms with Crippen LogP contribution in [0, 0.1) is 5.41 Å². The Morgan fingerprint density at radius 1 is 1.07 bits per heavy atom. The maximum Gasteiger partial charge on any atom is 0.283 e. The highest BCUT2D eigenvalue weighted by Crippen LogP contribution is 2.33. The van der Waals surface area contributed by atoms with Gasteiger partial charge in [0.25, 0.3) is 5.91 Å². The number of ether oxygens (including phenoxy) is 3. The molecule has 0 fully saturated rings. The second-order valence-electron chi connectivity index (χ2n) is 9.24. The molecule has 0 radical (unpaired) electrons. The molecule has 0 spiro atoms. The molecule has 3 aromatic rings. The van der Waals surface area contributed by atoms with Gasteiger partial charge in [0.1, 0.15) is 10.8 Å². The number of carbonyl (C=O) groups is 1. The lowest BCUT2D eigenvalue weighted by atomic mass is 9.99. The zero-order chi connectivity index (χ0) is 28.1. The average molecular weight is 575 g/mol. The van der Waals surface area contributed by atoms with Gasteiger partial charge in [-0.1, -0.05) is 38.1 Å². The third-order valence-corrected chi connectivity index (χ3v) is 8.51. The van der Waals surface area contributed by atoms with Gasteiger partial charge in [-0.05, 0) is 77.0 Å². The first-order chi connectivity index (χ1) is 19.5. The lowest BCUT2D eigenvalue weighted by Crippen LogP contribution is -2.35. The number of rotatable bonds is 11. The summed E-state index contributed by atoms with van der Waals surface area (Å²) in [5.41, 5.74) is 2.17.